The Balaban J connectivity index is 1.72. The molecule has 0 radical (unpaired) electrons. The molecule has 7 heteroatoms. The fraction of sp³-hybridized carbons (Fsp3) is 0.280. The Labute approximate surface area is 193 Å². The number of nitrogens with one attached hydrogen (secondary N) is 1. The first-order valence-corrected chi connectivity index (χ1v) is 11.0. The summed E-state index contributed by atoms with van der Waals surface area (Å²) in [5.74, 6) is 0.533. The van der Waals surface area contributed by atoms with E-state index in [0.29, 0.717) is 36.1 Å². The van der Waals surface area contributed by atoms with Gasteiger partial charge in [-0.05, 0) is 48.7 Å². The summed E-state index contributed by atoms with van der Waals surface area (Å²) in [7, 11) is 0. The van der Waals surface area contributed by atoms with Crippen LogP contribution in [-0.2, 0) is 17.9 Å². The van der Waals surface area contributed by atoms with Crippen LogP contribution in [0.5, 0.6) is 0 Å². The molecule has 0 aliphatic rings. The lowest BCUT2D eigenvalue weighted by Crippen LogP contribution is -2.44. The monoisotopic (exact) mass is 453 g/mol. The van der Waals surface area contributed by atoms with Gasteiger partial charge in [0.2, 0.25) is 5.91 Å². The van der Waals surface area contributed by atoms with Crippen molar-refractivity contribution >= 4 is 29.2 Å². The van der Waals surface area contributed by atoms with E-state index in [1.54, 1.807) is 29.4 Å². The molecule has 1 N–H and O–H groups in total. The molecule has 3 aromatic rings. The van der Waals surface area contributed by atoms with E-state index in [2.05, 4.69) is 5.32 Å². The highest BCUT2D eigenvalue weighted by molar-refractivity contribution is 6.31. The molecule has 0 aliphatic heterocycles. The van der Waals surface area contributed by atoms with Crippen LogP contribution in [0.25, 0.3) is 0 Å². The third-order valence-corrected chi connectivity index (χ3v) is 5.43. The van der Waals surface area contributed by atoms with Gasteiger partial charge in [0.1, 0.15) is 12.3 Å². The van der Waals surface area contributed by atoms with E-state index in [0.717, 1.165) is 17.5 Å². The average Bonchev–Trinajstić information content (AvgIpc) is 3.29. The summed E-state index contributed by atoms with van der Waals surface area (Å²) in [5.41, 5.74) is 2.53. The lowest BCUT2D eigenvalue weighted by atomic mass is 10.2. The van der Waals surface area contributed by atoms with Crippen molar-refractivity contribution in [3.05, 3.63) is 88.8 Å². The number of rotatable bonds is 9. The predicted molar refractivity (Wildman–Crippen MR) is 126 cm³/mol. The van der Waals surface area contributed by atoms with Gasteiger partial charge in [-0.25, -0.2) is 4.79 Å². The molecule has 0 saturated heterocycles. The highest BCUT2D eigenvalue weighted by Crippen LogP contribution is 2.20. The Morgan fingerprint density at radius 3 is 2.44 bits per heavy atom. The summed E-state index contributed by atoms with van der Waals surface area (Å²) < 4.78 is 5.45. The SMILES string of the molecule is CCCN(CC(=O)N(Cc1ccccc1)Cc1ccco1)C(=O)Nc1ccc(C)c(Cl)c1. The zero-order valence-corrected chi connectivity index (χ0v) is 19.1. The van der Waals surface area contributed by atoms with Crippen molar-refractivity contribution in [2.24, 2.45) is 0 Å². The van der Waals surface area contributed by atoms with E-state index in [-0.39, 0.29) is 18.5 Å². The predicted octanol–water partition coefficient (Wildman–Crippen LogP) is 5.71. The van der Waals surface area contributed by atoms with Crippen LogP contribution in [0.4, 0.5) is 10.5 Å². The Morgan fingerprint density at radius 2 is 1.78 bits per heavy atom. The summed E-state index contributed by atoms with van der Waals surface area (Å²) in [4.78, 5) is 29.4. The van der Waals surface area contributed by atoms with E-state index in [1.165, 1.54) is 4.90 Å². The molecular formula is C25H28ClN3O3. The second-order valence-corrected chi connectivity index (χ2v) is 8.04. The minimum atomic E-state index is -0.335. The highest BCUT2D eigenvalue weighted by Gasteiger charge is 2.22. The number of aryl methyl sites for hydroxylation is 1. The number of hydrogen-bond acceptors (Lipinski definition) is 3. The van der Waals surface area contributed by atoms with Crippen molar-refractivity contribution in [1.29, 1.82) is 0 Å². The molecule has 0 fully saturated rings. The molecule has 0 unspecified atom stereocenters. The normalized spacial score (nSPS) is 10.6. The van der Waals surface area contributed by atoms with Crippen LogP contribution >= 0.6 is 11.6 Å². The van der Waals surface area contributed by atoms with Gasteiger partial charge in [-0.2, -0.15) is 0 Å². The summed E-state index contributed by atoms with van der Waals surface area (Å²) in [6.45, 7) is 5.05. The molecule has 1 heterocycles. The maximum atomic E-state index is 13.3. The Hall–Kier alpha value is -3.25. The van der Waals surface area contributed by atoms with Crippen molar-refractivity contribution in [3.8, 4) is 0 Å². The first-order chi connectivity index (χ1) is 15.5. The van der Waals surface area contributed by atoms with Crippen LogP contribution in [0.3, 0.4) is 0 Å². The molecule has 3 rings (SSSR count). The number of carbonyl (C=O) groups excluding carboxylic acids is 2. The molecular weight excluding hydrogens is 426 g/mol. The lowest BCUT2D eigenvalue weighted by molar-refractivity contribution is -0.133. The van der Waals surface area contributed by atoms with Gasteiger partial charge >= 0.3 is 6.03 Å². The van der Waals surface area contributed by atoms with Crippen LogP contribution in [0.2, 0.25) is 5.02 Å². The van der Waals surface area contributed by atoms with Crippen LogP contribution in [-0.4, -0.2) is 34.8 Å². The Bertz CT molecular complexity index is 1020. The smallest absolute Gasteiger partial charge is 0.322 e. The van der Waals surface area contributed by atoms with Crippen molar-refractivity contribution in [3.63, 3.8) is 0 Å². The zero-order chi connectivity index (χ0) is 22.9. The largest absolute Gasteiger partial charge is 0.467 e. The molecule has 2 aromatic carbocycles. The molecule has 0 atom stereocenters. The average molecular weight is 454 g/mol. The van der Waals surface area contributed by atoms with E-state index in [9.17, 15) is 9.59 Å². The molecule has 168 valence electrons. The number of benzene rings is 2. The lowest BCUT2D eigenvalue weighted by Gasteiger charge is -2.27. The van der Waals surface area contributed by atoms with Gasteiger partial charge in [0.15, 0.2) is 0 Å². The number of furan rings is 1. The van der Waals surface area contributed by atoms with E-state index in [4.69, 9.17) is 16.0 Å². The van der Waals surface area contributed by atoms with Crippen molar-refractivity contribution in [1.82, 2.24) is 9.80 Å². The van der Waals surface area contributed by atoms with Gasteiger partial charge in [0.25, 0.3) is 0 Å². The van der Waals surface area contributed by atoms with Gasteiger partial charge in [-0.15, -0.1) is 0 Å². The maximum Gasteiger partial charge on any atom is 0.322 e. The number of anilines is 1. The van der Waals surface area contributed by atoms with Crippen LogP contribution in [0.15, 0.2) is 71.3 Å². The second kappa shape index (κ2) is 11.4. The Morgan fingerprint density at radius 1 is 1.00 bits per heavy atom. The quantitative estimate of drug-likeness (QED) is 0.451. The molecule has 0 bridgehead atoms. The molecule has 3 amide bonds. The van der Waals surface area contributed by atoms with Crippen LogP contribution < -0.4 is 5.32 Å². The second-order valence-electron chi connectivity index (χ2n) is 7.63. The maximum absolute atomic E-state index is 13.3. The van der Waals surface area contributed by atoms with E-state index >= 15 is 0 Å². The van der Waals surface area contributed by atoms with Crippen molar-refractivity contribution < 1.29 is 14.0 Å². The van der Waals surface area contributed by atoms with Gasteiger partial charge < -0.3 is 19.5 Å². The summed E-state index contributed by atoms with van der Waals surface area (Å²) >= 11 is 6.17. The van der Waals surface area contributed by atoms with Crippen LogP contribution in [0.1, 0.15) is 30.2 Å². The van der Waals surface area contributed by atoms with Gasteiger partial charge in [0, 0.05) is 23.8 Å². The number of carbonyl (C=O) groups is 2. The van der Waals surface area contributed by atoms with Crippen molar-refractivity contribution in [2.45, 2.75) is 33.4 Å². The number of urea groups is 1. The summed E-state index contributed by atoms with van der Waals surface area (Å²) in [5, 5.41) is 3.42. The molecule has 1 aromatic heterocycles. The summed E-state index contributed by atoms with van der Waals surface area (Å²) in [6.07, 6.45) is 2.32. The number of nitrogens with zero attached hydrogens (tertiary/aromatic N) is 2. The molecule has 0 aliphatic carbocycles. The highest BCUT2D eigenvalue weighted by atomic mass is 35.5. The van der Waals surface area contributed by atoms with E-state index in [1.807, 2.05) is 56.3 Å². The number of amides is 3. The van der Waals surface area contributed by atoms with Crippen LogP contribution in [0, 0.1) is 6.92 Å². The van der Waals surface area contributed by atoms with E-state index < -0.39 is 0 Å². The fourth-order valence-corrected chi connectivity index (χ4v) is 3.47. The standard InChI is InChI=1S/C25H28ClN3O3/c1-3-13-28(25(31)27-21-12-11-19(2)23(26)15-21)18-24(30)29(17-22-10-7-14-32-22)16-20-8-5-4-6-9-20/h4-12,14-15H,3,13,16-18H2,1-2H3,(H,27,31). The molecule has 0 saturated carbocycles. The van der Waals surface area contributed by atoms with Crippen molar-refractivity contribution in [2.75, 3.05) is 18.4 Å². The van der Waals surface area contributed by atoms with Gasteiger partial charge in [0.05, 0.1) is 12.8 Å². The van der Waals surface area contributed by atoms with Gasteiger partial charge in [-0.1, -0.05) is 54.9 Å². The molecule has 6 nitrogen and oxygen atoms in total. The number of hydrogen-bond donors (Lipinski definition) is 1. The fourth-order valence-electron chi connectivity index (χ4n) is 3.29. The summed E-state index contributed by atoms with van der Waals surface area (Å²) in [6, 6.07) is 18.4. The minimum Gasteiger partial charge on any atom is -0.467 e. The first-order valence-electron chi connectivity index (χ1n) is 10.6. The third-order valence-electron chi connectivity index (χ3n) is 5.03. The third kappa shape index (κ3) is 6.62. The zero-order valence-electron chi connectivity index (χ0n) is 18.4. The minimum absolute atomic E-state index is 0.0349. The van der Waals surface area contributed by atoms with Gasteiger partial charge in [-0.3, -0.25) is 4.79 Å². The Kier molecular flexibility index (Phi) is 8.34. The first kappa shape index (κ1) is 23.4. The topological polar surface area (TPSA) is 65.8 Å². The molecule has 0 spiro atoms. The molecule has 32 heavy (non-hydrogen) atoms. The number of halogens is 1.